The highest BCUT2D eigenvalue weighted by Crippen LogP contribution is 2.20. The van der Waals surface area contributed by atoms with Crippen LogP contribution in [0.1, 0.15) is 53.4 Å². The molecule has 3 N–H and O–H groups in total. The first-order valence-electron chi connectivity index (χ1n) is 6.54. The van der Waals surface area contributed by atoms with Gasteiger partial charge in [-0.1, -0.05) is 34.1 Å². The van der Waals surface area contributed by atoms with Crippen LogP contribution in [-0.2, 0) is 0 Å². The lowest BCUT2D eigenvalue weighted by Gasteiger charge is -2.18. The summed E-state index contributed by atoms with van der Waals surface area (Å²) in [7, 11) is 0. The standard InChI is InChI=1S/C13H28N2O2/c1-5-11(10-16)15-12(17)14-9-7-6-8-13(2,3)4/h11,16H,5-10H2,1-4H3,(H2,14,15,17). The normalized spacial score (nSPS) is 13.2. The second kappa shape index (κ2) is 8.34. The molecule has 0 aromatic carbocycles. The molecule has 0 aliphatic carbocycles. The lowest BCUT2D eigenvalue weighted by atomic mass is 9.90. The summed E-state index contributed by atoms with van der Waals surface area (Å²) >= 11 is 0. The predicted molar refractivity (Wildman–Crippen MR) is 71.0 cm³/mol. The Hall–Kier alpha value is -0.770. The van der Waals surface area contributed by atoms with Crippen LogP contribution in [0.15, 0.2) is 0 Å². The highest BCUT2D eigenvalue weighted by Gasteiger charge is 2.10. The van der Waals surface area contributed by atoms with Crippen LogP contribution in [0.5, 0.6) is 0 Å². The summed E-state index contributed by atoms with van der Waals surface area (Å²) < 4.78 is 0. The maximum atomic E-state index is 11.4. The molecule has 0 bridgehead atoms. The Morgan fingerprint density at radius 1 is 1.29 bits per heavy atom. The molecule has 0 rings (SSSR count). The Morgan fingerprint density at radius 3 is 2.41 bits per heavy atom. The number of carbonyl (C=O) groups is 1. The first-order valence-corrected chi connectivity index (χ1v) is 6.54. The molecular weight excluding hydrogens is 216 g/mol. The van der Waals surface area contributed by atoms with Gasteiger partial charge in [-0.05, 0) is 24.7 Å². The summed E-state index contributed by atoms with van der Waals surface area (Å²) in [6.45, 7) is 9.29. The summed E-state index contributed by atoms with van der Waals surface area (Å²) in [4.78, 5) is 11.4. The molecule has 0 spiro atoms. The minimum atomic E-state index is -0.179. The zero-order valence-corrected chi connectivity index (χ0v) is 11.7. The molecule has 0 aliphatic rings. The third kappa shape index (κ3) is 10.1. The number of urea groups is 1. The fourth-order valence-electron chi connectivity index (χ4n) is 1.50. The van der Waals surface area contributed by atoms with Crippen molar-refractivity contribution in [2.75, 3.05) is 13.2 Å². The minimum absolute atomic E-state index is 0.00601. The lowest BCUT2D eigenvalue weighted by molar-refractivity contribution is 0.214. The Morgan fingerprint density at radius 2 is 1.94 bits per heavy atom. The second-order valence-corrected chi connectivity index (χ2v) is 5.71. The molecule has 4 nitrogen and oxygen atoms in total. The van der Waals surface area contributed by atoms with Crippen molar-refractivity contribution in [3.63, 3.8) is 0 Å². The first kappa shape index (κ1) is 16.2. The molecule has 0 saturated carbocycles. The molecule has 0 radical (unpaired) electrons. The van der Waals surface area contributed by atoms with E-state index in [1.165, 1.54) is 6.42 Å². The Bertz CT molecular complexity index is 208. The number of amides is 2. The number of carbonyl (C=O) groups excluding carboxylic acids is 1. The van der Waals surface area contributed by atoms with Gasteiger partial charge < -0.3 is 15.7 Å². The van der Waals surface area contributed by atoms with Gasteiger partial charge in [-0.2, -0.15) is 0 Å². The number of unbranched alkanes of at least 4 members (excludes halogenated alkanes) is 1. The van der Waals surface area contributed by atoms with Gasteiger partial charge in [-0.3, -0.25) is 0 Å². The highest BCUT2D eigenvalue weighted by atomic mass is 16.3. The first-order chi connectivity index (χ1) is 7.89. The summed E-state index contributed by atoms with van der Waals surface area (Å²) in [6.07, 6.45) is 4.04. The largest absolute Gasteiger partial charge is 0.394 e. The van der Waals surface area contributed by atoms with Gasteiger partial charge in [0.2, 0.25) is 0 Å². The average Bonchev–Trinajstić information content (AvgIpc) is 2.23. The second-order valence-electron chi connectivity index (χ2n) is 5.71. The van der Waals surface area contributed by atoms with Crippen molar-refractivity contribution in [2.24, 2.45) is 5.41 Å². The van der Waals surface area contributed by atoms with Gasteiger partial charge in [0.15, 0.2) is 0 Å². The average molecular weight is 244 g/mol. The lowest BCUT2D eigenvalue weighted by Crippen LogP contribution is -2.43. The molecule has 2 amide bonds. The van der Waals surface area contributed by atoms with Crippen molar-refractivity contribution in [2.45, 2.75) is 59.4 Å². The van der Waals surface area contributed by atoms with E-state index in [0.717, 1.165) is 19.3 Å². The third-order valence-electron chi connectivity index (χ3n) is 2.69. The number of hydrogen-bond acceptors (Lipinski definition) is 2. The fourth-order valence-corrected chi connectivity index (χ4v) is 1.50. The topological polar surface area (TPSA) is 61.4 Å². The van der Waals surface area contributed by atoms with Crippen LogP contribution in [0.4, 0.5) is 4.79 Å². The van der Waals surface area contributed by atoms with E-state index in [-0.39, 0.29) is 18.7 Å². The molecular formula is C13H28N2O2. The van der Waals surface area contributed by atoms with Crippen LogP contribution >= 0.6 is 0 Å². The molecule has 1 unspecified atom stereocenters. The predicted octanol–water partition coefficient (Wildman–Crippen LogP) is 2.27. The summed E-state index contributed by atoms with van der Waals surface area (Å²) in [5.74, 6) is 0. The van der Waals surface area contributed by atoms with Crippen LogP contribution in [0.25, 0.3) is 0 Å². The van der Waals surface area contributed by atoms with E-state index >= 15 is 0 Å². The van der Waals surface area contributed by atoms with Crippen molar-refractivity contribution < 1.29 is 9.90 Å². The van der Waals surface area contributed by atoms with E-state index in [2.05, 4.69) is 31.4 Å². The summed E-state index contributed by atoms with van der Waals surface area (Å²) in [5, 5.41) is 14.5. The van der Waals surface area contributed by atoms with Gasteiger partial charge >= 0.3 is 6.03 Å². The van der Waals surface area contributed by atoms with Crippen LogP contribution in [0.3, 0.4) is 0 Å². The van der Waals surface area contributed by atoms with E-state index in [1.54, 1.807) is 0 Å². The smallest absolute Gasteiger partial charge is 0.315 e. The molecule has 17 heavy (non-hydrogen) atoms. The molecule has 0 aliphatic heterocycles. The van der Waals surface area contributed by atoms with Gasteiger partial charge in [0.05, 0.1) is 12.6 Å². The number of nitrogens with one attached hydrogen (secondary N) is 2. The maximum Gasteiger partial charge on any atom is 0.315 e. The highest BCUT2D eigenvalue weighted by molar-refractivity contribution is 5.74. The van der Waals surface area contributed by atoms with E-state index in [4.69, 9.17) is 5.11 Å². The van der Waals surface area contributed by atoms with E-state index in [1.807, 2.05) is 6.92 Å². The van der Waals surface area contributed by atoms with Crippen LogP contribution in [0, 0.1) is 5.41 Å². The van der Waals surface area contributed by atoms with Crippen LogP contribution in [0.2, 0.25) is 0 Å². The molecule has 1 atom stereocenters. The molecule has 0 aromatic heterocycles. The van der Waals surface area contributed by atoms with Crippen molar-refractivity contribution in [1.29, 1.82) is 0 Å². The minimum Gasteiger partial charge on any atom is -0.394 e. The van der Waals surface area contributed by atoms with Crippen LogP contribution in [-0.4, -0.2) is 30.3 Å². The van der Waals surface area contributed by atoms with Crippen molar-refractivity contribution in [3.05, 3.63) is 0 Å². The van der Waals surface area contributed by atoms with Crippen LogP contribution < -0.4 is 10.6 Å². The van der Waals surface area contributed by atoms with E-state index in [9.17, 15) is 4.79 Å². The molecule has 0 saturated heterocycles. The zero-order chi connectivity index (χ0) is 13.3. The van der Waals surface area contributed by atoms with Crippen molar-refractivity contribution in [3.8, 4) is 0 Å². The Kier molecular flexibility index (Phi) is 7.96. The number of rotatable bonds is 7. The fraction of sp³-hybridized carbons (Fsp3) is 0.923. The third-order valence-corrected chi connectivity index (χ3v) is 2.69. The molecule has 4 heteroatoms. The Labute approximate surface area is 105 Å². The van der Waals surface area contributed by atoms with E-state index in [0.29, 0.717) is 12.0 Å². The number of aliphatic hydroxyl groups is 1. The van der Waals surface area contributed by atoms with Crippen molar-refractivity contribution in [1.82, 2.24) is 10.6 Å². The summed E-state index contributed by atoms with van der Waals surface area (Å²) in [6, 6.07) is -0.314. The molecule has 0 fully saturated rings. The molecule has 102 valence electrons. The SMILES string of the molecule is CCC(CO)NC(=O)NCCCCC(C)(C)C. The monoisotopic (exact) mass is 244 g/mol. The summed E-state index contributed by atoms with van der Waals surface area (Å²) in [5.41, 5.74) is 0.368. The zero-order valence-electron chi connectivity index (χ0n) is 11.7. The van der Waals surface area contributed by atoms with Gasteiger partial charge in [0.1, 0.15) is 0 Å². The number of hydrogen-bond donors (Lipinski definition) is 3. The van der Waals surface area contributed by atoms with Crippen molar-refractivity contribution >= 4 is 6.03 Å². The van der Waals surface area contributed by atoms with Gasteiger partial charge in [0, 0.05) is 6.54 Å². The van der Waals surface area contributed by atoms with Gasteiger partial charge in [-0.25, -0.2) is 4.79 Å². The molecule has 0 heterocycles. The van der Waals surface area contributed by atoms with Gasteiger partial charge in [-0.15, -0.1) is 0 Å². The van der Waals surface area contributed by atoms with E-state index < -0.39 is 0 Å². The maximum absolute atomic E-state index is 11.4. The quantitative estimate of drug-likeness (QED) is 0.602. The number of aliphatic hydroxyl groups excluding tert-OH is 1. The Balaban J connectivity index is 3.52. The van der Waals surface area contributed by atoms with Gasteiger partial charge in [0.25, 0.3) is 0 Å². The molecule has 0 aromatic rings.